The van der Waals surface area contributed by atoms with Crippen molar-refractivity contribution in [3.63, 3.8) is 0 Å². The summed E-state index contributed by atoms with van der Waals surface area (Å²) in [5.41, 5.74) is 2.86. The van der Waals surface area contributed by atoms with E-state index in [0.717, 1.165) is 55.6 Å². The minimum atomic E-state index is 0.432. The van der Waals surface area contributed by atoms with Crippen LogP contribution in [0.2, 0.25) is 0 Å². The SMILES string of the molecule is Cc1nc(-c2ccccn2)nc(NCC(C)N2CCOCC2)c1C. The molecule has 1 aliphatic heterocycles. The first-order valence-electron chi connectivity index (χ1n) is 8.47. The van der Waals surface area contributed by atoms with E-state index in [0.29, 0.717) is 11.9 Å². The lowest BCUT2D eigenvalue weighted by Gasteiger charge is -2.32. The van der Waals surface area contributed by atoms with Gasteiger partial charge in [0.05, 0.1) is 13.2 Å². The standard InChI is InChI=1S/C18H25N5O/c1-13(23-8-10-24-11-9-23)12-20-17-14(2)15(3)21-18(22-17)16-6-4-5-7-19-16/h4-7,13H,8-12H2,1-3H3,(H,20,21,22). The molecular formula is C18H25N5O. The van der Waals surface area contributed by atoms with Crippen LogP contribution < -0.4 is 5.32 Å². The number of aryl methyl sites for hydroxylation is 1. The highest BCUT2D eigenvalue weighted by Gasteiger charge is 2.18. The third kappa shape index (κ3) is 3.88. The van der Waals surface area contributed by atoms with Crippen LogP contribution in [0.4, 0.5) is 5.82 Å². The van der Waals surface area contributed by atoms with Crippen molar-refractivity contribution < 1.29 is 4.74 Å². The van der Waals surface area contributed by atoms with Crippen LogP contribution in [-0.4, -0.2) is 58.7 Å². The van der Waals surface area contributed by atoms with Gasteiger partial charge in [-0.05, 0) is 32.9 Å². The van der Waals surface area contributed by atoms with Crippen molar-refractivity contribution in [3.05, 3.63) is 35.7 Å². The molecule has 2 aromatic heterocycles. The number of aromatic nitrogens is 3. The van der Waals surface area contributed by atoms with Gasteiger partial charge in [0.15, 0.2) is 5.82 Å². The molecule has 0 amide bonds. The lowest BCUT2D eigenvalue weighted by atomic mass is 10.2. The van der Waals surface area contributed by atoms with Crippen molar-refractivity contribution in [2.75, 3.05) is 38.2 Å². The quantitative estimate of drug-likeness (QED) is 0.909. The van der Waals surface area contributed by atoms with Gasteiger partial charge in [-0.1, -0.05) is 6.07 Å². The van der Waals surface area contributed by atoms with E-state index in [1.54, 1.807) is 6.20 Å². The van der Waals surface area contributed by atoms with E-state index in [1.807, 2.05) is 25.1 Å². The first-order valence-corrected chi connectivity index (χ1v) is 8.47. The van der Waals surface area contributed by atoms with Crippen LogP contribution in [0.1, 0.15) is 18.2 Å². The molecule has 6 nitrogen and oxygen atoms in total. The van der Waals surface area contributed by atoms with Crippen molar-refractivity contribution >= 4 is 5.82 Å². The fourth-order valence-electron chi connectivity index (χ4n) is 2.80. The number of nitrogens with zero attached hydrogens (tertiary/aromatic N) is 4. The molecule has 6 heteroatoms. The third-order valence-corrected chi connectivity index (χ3v) is 4.52. The van der Waals surface area contributed by atoms with E-state index in [2.05, 4.69) is 34.0 Å². The van der Waals surface area contributed by atoms with Crippen molar-refractivity contribution in [1.29, 1.82) is 0 Å². The summed E-state index contributed by atoms with van der Waals surface area (Å²) in [4.78, 5) is 16.1. The van der Waals surface area contributed by atoms with Crippen LogP contribution >= 0.6 is 0 Å². The summed E-state index contributed by atoms with van der Waals surface area (Å²) in [6.45, 7) is 10.8. The topological polar surface area (TPSA) is 63.2 Å². The molecule has 0 saturated carbocycles. The van der Waals surface area contributed by atoms with Crippen LogP contribution in [0.15, 0.2) is 24.4 Å². The van der Waals surface area contributed by atoms with Gasteiger partial charge >= 0.3 is 0 Å². The molecule has 3 heterocycles. The predicted octanol–water partition coefficient (Wildman–Crippen LogP) is 2.29. The maximum absolute atomic E-state index is 5.42. The van der Waals surface area contributed by atoms with Crippen LogP contribution in [0.3, 0.4) is 0 Å². The predicted molar refractivity (Wildman–Crippen MR) is 95.1 cm³/mol. The first kappa shape index (κ1) is 16.8. The molecule has 0 radical (unpaired) electrons. The molecular weight excluding hydrogens is 302 g/mol. The monoisotopic (exact) mass is 327 g/mol. The molecule has 0 bridgehead atoms. The number of nitrogens with one attached hydrogen (secondary N) is 1. The van der Waals surface area contributed by atoms with E-state index in [1.165, 1.54) is 0 Å². The van der Waals surface area contributed by atoms with Crippen molar-refractivity contribution in [3.8, 4) is 11.5 Å². The van der Waals surface area contributed by atoms with Crippen LogP contribution in [0.25, 0.3) is 11.5 Å². The van der Waals surface area contributed by atoms with E-state index in [-0.39, 0.29) is 0 Å². The van der Waals surface area contributed by atoms with Crippen molar-refractivity contribution in [2.24, 2.45) is 0 Å². The van der Waals surface area contributed by atoms with Crippen molar-refractivity contribution in [1.82, 2.24) is 19.9 Å². The highest BCUT2D eigenvalue weighted by atomic mass is 16.5. The lowest BCUT2D eigenvalue weighted by molar-refractivity contribution is 0.0227. The number of ether oxygens (including phenoxy) is 1. The zero-order valence-corrected chi connectivity index (χ0v) is 14.6. The number of hydrogen-bond acceptors (Lipinski definition) is 6. The average Bonchev–Trinajstić information content (AvgIpc) is 2.64. The molecule has 0 spiro atoms. The van der Waals surface area contributed by atoms with Gasteiger partial charge in [0.1, 0.15) is 11.5 Å². The Labute approximate surface area is 143 Å². The Morgan fingerprint density at radius 3 is 2.71 bits per heavy atom. The minimum Gasteiger partial charge on any atom is -0.379 e. The summed E-state index contributed by atoms with van der Waals surface area (Å²) < 4.78 is 5.42. The number of rotatable bonds is 5. The Bertz CT molecular complexity index is 671. The Hall–Kier alpha value is -2.05. The molecule has 1 aliphatic rings. The van der Waals surface area contributed by atoms with Gasteiger partial charge in [0.25, 0.3) is 0 Å². The van der Waals surface area contributed by atoms with E-state index in [4.69, 9.17) is 9.72 Å². The molecule has 1 N–H and O–H groups in total. The van der Waals surface area contributed by atoms with Crippen molar-refractivity contribution in [2.45, 2.75) is 26.8 Å². The summed E-state index contributed by atoms with van der Waals surface area (Å²) in [6, 6.07) is 6.22. The number of hydrogen-bond donors (Lipinski definition) is 1. The second kappa shape index (κ2) is 7.68. The maximum atomic E-state index is 5.42. The smallest absolute Gasteiger partial charge is 0.180 e. The second-order valence-electron chi connectivity index (χ2n) is 6.20. The van der Waals surface area contributed by atoms with E-state index in [9.17, 15) is 0 Å². The summed E-state index contributed by atoms with van der Waals surface area (Å²) >= 11 is 0. The molecule has 1 atom stereocenters. The maximum Gasteiger partial charge on any atom is 0.180 e. The summed E-state index contributed by atoms with van der Waals surface area (Å²) in [7, 11) is 0. The highest BCUT2D eigenvalue weighted by Crippen LogP contribution is 2.20. The van der Waals surface area contributed by atoms with Gasteiger partial charge in [-0.25, -0.2) is 9.97 Å². The Balaban J connectivity index is 1.74. The number of anilines is 1. The van der Waals surface area contributed by atoms with Crippen LogP contribution in [-0.2, 0) is 4.74 Å². The zero-order chi connectivity index (χ0) is 16.9. The number of morpholine rings is 1. The summed E-state index contributed by atoms with van der Waals surface area (Å²) in [5, 5.41) is 3.50. The van der Waals surface area contributed by atoms with Gasteiger partial charge < -0.3 is 10.1 Å². The van der Waals surface area contributed by atoms with Gasteiger partial charge in [-0.3, -0.25) is 9.88 Å². The largest absolute Gasteiger partial charge is 0.379 e. The molecule has 0 aliphatic carbocycles. The normalized spacial score (nSPS) is 16.8. The molecule has 3 rings (SSSR count). The Morgan fingerprint density at radius 1 is 1.21 bits per heavy atom. The molecule has 1 fully saturated rings. The molecule has 1 saturated heterocycles. The lowest BCUT2D eigenvalue weighted by Crippen LogP contribution is -2.45. The Morgan fingerprint density at radius 2 is 2.00 bits per heavy atom. The molecule has 0 aromatic carbocycles. The molecule has 2 aromatic rings. The van der Waals surface area contributed by atoms with Gasteiger partial charge in [-0.15, -0.1) is 0 Å². The summed E-state index contributed by atoms with van der Waals surface area (Å²) in [6.07, 6.45) is 1.77. The second-order valence-corrected chi connectivity index (χ2v) is 6.20. The van der Waals surface area contributed by atoms with E-state index < -0.39 is 0 Å². The number of pyridine rings is 1. The molecule has 1 unspecified atom stereocenters. The van der Waals surface area contributed by atoms with Crippen LogP contribution in [0, 0.1) is 13.8 Å². The molecule has 24 heavy (non-hydrogen) atoms. The van der Waals surface area contributed by atoms with E-state index >= 15 is 0 Å². The fraction of sp³-hybridized carbons (Fsp3) is 0.500. The van der Waals surface area contributed by atoms with Crippen LogP contribution in [0.5, 0.6) is 0 Å². The van der Waals surface area contributed by atoms with Gasteiger partial charge in [-0.2, -0.15) is 0 Å². The fourth-order valence-corrected chi connectivity index (χ4v) is 2.80. The first-order chi connectivity index (χ1) is 11.6. The average molecular weight is 327 g/mol. The Kier molecular flexibility index (Phi) is 5.37. The third-order valence-electron chi connectivity index (χ3n) is 4.52. The molecule has 128 valence electrons. The summed E-state index contributed by atoms with van der Waals surface area (Å²) in [5.74, 6) is 1.56. The minimum absolute atomic E-state index is 0.432. The van der Waals surface area contributed by atoms with Gasteiger partial charge in [0, 0.05) is 43.1 Å². The highest BCUT2D eigenvalue weighted by molar-refractivity contribution is 5.56. The van der Waals surface area contributed by atoms with Gasteiger partial charge in [0.2, 0.25) is 0 Å². The zero-order valence-electron chi connectivity index (χ0n) is 14.6.